The second kappa shape index (κ2) is 5.48. The summed E-state index contributed by atoms with van der Waals surface area (Å²) in [6, 6.07) is 0. The average molecular weight is 347 g/mol. The van der Waals surface area contributed by atoms with Crippen molar-refractivity contribution in [2.45, 2.75) is 38.1 Å². The van der Waals surface area contributed by atoms with Gasteiger partial charge in [-0.25, -0.2) is 4.98 Å². The number of thiazole rings is 1. The molecule has 9 heteroatoms. The molecule has 5 nitrogen and oxygen atoms in total. The minimum absolute atomic E-state index is 0.0188. The van der Waals surface area contributed by atoms with Gasteiger partial charge in [-0.15, -0.1) is 11.3 Å². The lowest BCUT2D eigenvalue weighted by Crippen LogP contribution is -2.58. The number of fused-ring (bicyclic) bond motifs is 1. The molecule has 0 N–H and O–H groups in total. The molecule has 1 atom stereocenters. The van der Waals surface area contributed by atoms with E-state index >= 15 is 0 Å². The molecule has 1 aliphatic heterocycles. The van der Waals surface area contributed by atoms with Crippen LogP contribution in [0.1, 0.15) is 19.5 Å². The number of halogens is 3. The van der Waals surface area contributed by atoms with Crippen molar-refractivity contribution in [1.82, 2.24) is 14.3 Å². The van der Waals surface area contributed by atoms with E-state index in [0.717, 1.165) is 4.96 Å². The van der Waals surface area contributed by atoms with Crippen molar-refractivity contribution in [2.24, 2.45) is 0 Å². The summed E-state index contributed by atoms with van der Waals surface area (Å²) in [6.07, 6.45) is -2.93. The highest BCUT2D eigenvalue weighted by Crippen LogP contribution is 2.32. The van der Waals surface area contributed by atoms with Crippen LogP contribution < -0.4 is 0 Å². The smallest absolute Gasteiger partial charge is 0.359 e. The number of morpholine rings is 1. The topological polar surface area (TPSA) is 46.8 Å². The molecule has 1 aliphatic rings. The number of ether oxygens (including phenoxy) is 1. The summed E-state index contributed by atoms with van der Waals surface area (Å²) in [6.45, 7) is 2.75. The maximum Gasteiger partial charge on any atom is 0.416 e. The molecule has 0 aliphatic carbocycles. The van der Waals surface area contributed by atoms with Gasteiger partial charge in [0.15, 0.2) is 11.1 Å². The second-order valence-corrected chi connectivity index (χ2v) is 7.06. The molecule has 23 heavy (non-hydrogen) atoms. The van der Waals surface area contributed by atoms with E-state index in [9.17, 15) is 18.0 Å². The van der Waals surface area contributed by atoms with E-state index in [1.165, 1.54) is 16.2 Å². The quantitative estimate of drug-likeness (QED) is 0.839. The number of alkyl halides is 3. The minimum Gasteiger partial charge on any atom is -0.359 e. The van der Waals surface area contributed by atoms with Gasteiger partial charge in [-0.1, -0.05) is 0 Å². The van der Waals surface area contributed by atoms with Crippen molar-refractivity contribution in [1.29, 1.82) is 0 Å². The number of nitrogens with zero attached hydrogens (tertiary/aromatic N) is 3. The van der Waals surface area contributed by atoms with E-state index in [0.29, 0.717) is 5.69 Å². The molecule has 0 radical (unpaired) electrons. The van der Waals surface area contributed by atoms with E-state index in [-0.39, 0.29) is 18.9 Å². The lowest BCUT2D eigenvalue weighted by molar-refractivity contribution is -0.270. The molecule has 3 heterocycles. The predicted octanol–water partition coefficient (Wildman–Crippen LogP) is 2.51. The Morgan fingerprint density at radius 1 is 1.52 bits per heavy atom. The van der Waals surface area contributed by atoms with Crippen molar-refractivity contribution in [3.63, 3.8) is 0 Å². The van der Waals surface area contributed by atoms with Gasteiger partial charge in [-0.05, 0) is 13.8 Å². The van der Waals surface area contributed by atoms with Crippen LogP contribution in [0.4, 0.5) is 13.2 Å². The van der Waals surface area contributed by atoms with E-state index in [1.54, 1.807) is 24.4 Å². The van der Waals surface area contributed by atoms with Gasteiger partial charge >= 0.3 is 6.18 Å². The molecule has 1 unspecified atom stereocenters. The van der Waals surface area contributed by atoms with Crippen LogP contribution in [0.3, 0.4) is 0 Å². The number of aromatic nitrogens is 2. The average Bonchev–Trinajstić information content (AvgIpc) is 2.96. The lowest BCUT2D eigenvalue weighted by Gasteiger charge is -2.43. The van der Waals surface area contributed by atoms with Gasteiger partial charge in [-0.3, -0.25) is 9.20 Å². The van der Waals surface area contributed by atoms with Crippen LogP contribution in [0, 0.1) is 0 Å². The Labute approximate surface area is 134 Å². The molecule has 0 spiro atoms. The second-order valence-electron chi connectivity index (χ2n) is 6.18. The first kappa shape index (κ1) is 16.3. The summed E-state index contributed by atoms with van der Waals surface area (Å²) in [4.78, 5) is 18.6. The lowest BCUT2D eigenvalue weighted by atomic mass is 10.0. The van der Waals surface area contributed by atoms with Crippen molar-refractivity contribution in [3.8, 4) is 0 Å². The number of carbonyl (C=O) groups is 1. The first-order chi connectivity index (χ1) is 10.6. The highest BCUT2D eigenvalue weighted by Gasteiger charge is 2.48. The molecule has 2 aromatic heterocycles. The fraction of sp³-hybridized carbons (Fsp3) is 0.571. The molecule has 1 saturated heterocycles. The van der Waals surface area contributed by atoms with E-state index in [1.807, 2.05) is 11.6 Å². The van der Waals surface area contributed by atoms with Gasteiger partial charge in [-0.2, -0.15) is 13.2 Å². The van der Waals surface area contributed by atoms with Crippen molar-refractivity contribution >= 4 is 22.2 Å². The number of amides is 1. The summed E-state index contributed by atoms with van der Waals surface area (Å²) in [7, 11) is 0. The summed E-state index contributed by atoms with van der Waals surface area (Å²) in [5, 5.41) is 1.87. The molecular formula is C14H16F3N3O2S. The third kappa shape index (κ3) is 3.50. The zero-order valence-corrected chi connectivity index (χ0v) is 13.4. The van der Waals surface area contributed by atoms with Crippen LogP contribution in [-0.4, -0.2) is 51.2 Å². The van der Waals surface area contributed by atoms with Gasteiger partial charge in [0.2, 0.25) is 5.91 Å². The third-order valence-corrected chi connectivity index (χ3v) is 4.38. The maximum absolute atomic E-state index is 13.0. The van der Waals surface area contributed by atoms with Crippen molar-refractivity contribution in [3.05, 3.63) is 23.5 Å². The van der Waals surface area contributed by atoms with Crippen LogP contribution >= 0.6 is 11.3 Å². The number of hydrogen-bond donors (Lipinski definition) is 0. The summed E-state index contributed by atoms with van der Waals surface area (Å²) >= 11 is 1.43. The van der Waals surface area contributed by atoms with Crippen LogP contribution in [0.15, 0.2) is 17.8 Å². The molecule has 1 amide bonds. The molecule has 0 bridgehead atoms. The van der Waals surface area contributed by atoms with Crippen molar-refractivity contribution < 1.29 is 22.7 Å². The Bertz CT molecular complexity index is 694. The molecule has 0 saturated carbocycles. The first-order valence-electron chi connectivity index (χ1n) is 7.07. The normalized spacial score (nSPS) is 21.8. The standard InChI is InChI=1S/C14H16F3N3O2S/c1-13(2)8-20(7-10(22-13)14(15,16)17)11(21)5-9-6-19-3-4-23-12(19)18-9/h3-4,6,10H,5,7-8H2,1-2H3. The van der Waals surface area contributed by atoms with Crippen LogP contribution in [0.2, 0.25) is 0 Å². The Kier molecular flexibility index (Phi) is 3.88. The SMILES string of the molecule is CC1(C)CN(C(=O)Cc2cn3ccsc3n2)CC(C(F)(F)F)O1. The van der Waals surface area contributed by atoms with Gasteiger partial charge in [0.25, 0.3) is 0 Å². The molecule has 3 rings (SSSR count). The molecule has 0 aromatic carbocycles. The van der Waals surface area contributed by atoms with Crippen LogP contribution in [0.5, 0.6) is 0 Å². The Hall–Kier alpha value is -1.61. The molecule has 126 valence electrons. The largest absolute Gasteiger partial charge is 0.416 e. The first-order valence-corrected chi connectivity index (χ1v) is 7.95. The molecule has 1 fully saturated rings. The molecule has 2 aromatic rings. The van der Waals surface area contributed by atoms with Gasteiger partial charge in [0.05, 0.1) is 24.3 Å². The maximum atomic E-state index is 13.0. The highest BCUT2D eigenvalue weighted by atomic mass is 32.1. The Morgan fingerprint density at radius 3 is 2.91 bits per heavy atom. The number of imidazole rings is 1. The van der Waals surface area contributed by atoms with E-state index in [2.05, 4.69) is 4.98 Å². The van der Waals surface area contributed by atoms with Crippen molar-refractivity contribution in [2.75, 3.05) is 13.1 Å². The van der Waals surface area contributed by atoms with Gasteiger partial charge in [0.1, 0.15) is 0 Å². The zero-order valence-electron chi connectivity index (χ0n) is 12.6. The van der Waals surface area contributed by atoms with Crippen LogP contribution in [-0.2, 0) is 16.0 Å². The highest BCUT2D eigenvalue weighted by molar-refractivity contribution is 7.15. The van der Waals surface area contributed by atoms with Gasteiger partial charge in [0, 0.05) is 24.3 Å². The fourth-order valence-electron chi connectivity index (χ4n) is 2.67. The Morgan fingerprint density at radius 2 is 2.26 bits per heavy atom. The Balaban J connectivity index is 1.73. The number of carbonyl (C=O) groups excluding carboxylic acids is 1. The van der Waals surface area contributed by atoms with E-state index in [4.69, 9.17) is 4.74 Å². The summed E-state index contributed by atoms with van der Waals surface area (Å²) in [5.74, 6) is -0.374. The summed E-state index contributed by atoms with van der Waals surface area (Å²) < 4.78 is 45.8. The molecular weight excluding hydrogens is 331 g/mol. The third-order valence-electron chi connectivity index (χ3n) is 3.61. The number of rotatable bonds is 2. The number of hydrogen-bond acceptors (Lipinski definition) is 4. The van der Waals surface area contributed by atoms with Crippen LogP contribution in [0.25, 0.3) is 4.96 Å². The van der Waals surface area contributed by atoms with E-state index < -0.39 is 24.4 Å². The zero-order chi connectivity index (χ0) is 16.8. The minimum atomic E-state index is -4.49. The fourth-order valence-corrected chi connectivity index (χ4v) is 3.39. The predicted molar refractivity (Wildman–Crippen MR) is 78.4 cm³/mol. The monoisotopic (exact) mass is 347 g/mol. The van der Waals surface area contributed by atoms with Gasteiger partial charge < -0.3 is 9.64 Å². The summed E-state index contributed by atoms with van der Waals surface area (Å²) in [5.41, 5.74) is -0.488.